The summed E-state index contributed by atoms with van der Waals surface area (Å²) in [7, 11) is 1.90. The summed E-state index contributed by atoms with van der Waals surface area (Å²) in [6.45, 7) is 2.26. The summed E-state index contributed by atoms with van der Waals surface area (Å²) in [5, 5.41) is 10.1. The summed E-state index contributed by atoms with van der Waals surface area (Å²) in [4.78, 5) is 1.95. The summed E-state index contributed by atoms with van der Waals surface area (Å²) in [5.74, 6) is -0.244. The molecule has 0 saturated carbocycles. The molecule has 1 atom stereocenters. The third kappa shape index (κ3) is 3.50. The molecule has 2 rings (SSSR count). The number of halogens is 2. The van der Waals surface area contributed by atoms with Crippen LogP contribution in [0.2, 0.25) is 5.02 Å². The van der Waals surface area contributed by atoms with Gasteiger partial charge in [-0.3, -0.25) is 0 Å². The molecule has 2 aromatic rings. The summed E-state index contributed by atoms with van der Waals surface area (Å²) >= 11 is 6.24. The molecule has 4 heteroatoms. The standard InChI is InChI=1S/C16H17ClFNO/c1-11(20)13-6-7-16(15(17)9-13)19(2)10-12-4-3-5-14(18)8-12/h3-9,11,20H,10H2,1-2H3/t11-/m0/s1. The molecule has 1 N–H and O–H groups in total. The van der Waals surface area contributed by atoms with Gasteiger partial charge in [0.05, 0.1) is 16.8 Å². The first-order valence-corrected chi connectivity index (χ1v) is 6.78. The van der Waals surface area contributed by atoms with Gasteiger partial charge < -0.3 is 10.0 Å². The van der Waals surface area contributed by atoms with Crippen LogP contribution in [0.1, 0.15) is 24.2 Å². The fourth-order valence-corrected chi connectivity index (χ4v) is 2.42. The van der Waals surface area contributed by atoms with Crippen LogP contribution >= 0.6 is 11.6 Å². The minimum atomic E-state index is -0.546. The summed E-state index contributed by atoms with van der Waals surface area (Å²) in [6, 6.07) is 12.0. The Morgan fingerprint density at radius 3 is 2.60 bits per heavy atom. The molecule has 2 aromatic carbocycles. The van der Waals surface area contributed by atoms with Crippen molar-refractivity contribution in [1.82, 2.24) is 0 Å². The van der Waals surface area contributed by atoms with E-state index in [0.29, 0.717) is 11.6 Å². The van der Waals surface area contributed by atoms with Gasteiger partial charge in [0.25, 0.3) is 0 Å². The fraction of sp³-hybridized carbons (Fsp3) is 0.250. The smallest absolute Gasteiger partial charge is 0.123 e. The van der Waals surface area contributed by atoms with E-state index >= 15 is 0 Å². The van der Waals surface area contributed by atoms with Crippen molar-refractivity contribution < 1.29 is 9.50 Å². The zero-order chi connectivity index (χ0) is 14.7. The molecule has 0 spiro atoms. The molecule has 0 radical (unpaired) electrons. The highest BCUT2D eigenvalue weighted by molar-refractivity contribution is 6.33. The lowest BCUT2D eigenvalue weighted by Gasteiger charge is -2.21. The molecular formula is C16H17ClFNO. The molecule has 106 valence electrons. The second-order valence-electron chi connectivity index (χ2n) is 4.87. The molecule has 0 heterocycles. The van der Waals surface area contributed by atoms with Crippen LogP contribution in [0.4, 0.5) is 10.1 Å². The molecule has 0 amide bonds. The van der Waals surface area contributed by atoms with Crippen molar-refractivity contribution in [3.05, 3.63) is 64.4 Å². The van der Waals surface area contributed by atoms with Crippen molar-refractivity contribution in [3.63, 3.8) is 0 Å². The van der Waals surface area contributed by atoms with Crippen molar-refractivity contribution in [2.24, 2.45) is 0 Å². The highest BCUT2D eigenvalue weighted by Gasteiger charge is 2.10. The van der Waals surface area contributed by atoms with Gasteiger partial charge >= 0.3 is 0 Å². The average Bonchev–Trinajstić information content (AvgIpc) is 2.38. The molecule has 0 saturated heterocycles. The van der Waals surface area contributed by atoms with E-state index in [1.807, 2.05) is 30.1 Å². The number of aliphatic hydroxyl groups excluding tert-OH is 1. The summed E-state index contributed by atoms with van der Waals surface area (Å²) in [5.41, 5.74) is 2.50. The SMILES string of the molecule is C[C@H](O)c1ccc(N(C)Cc2cccc(F)c2)c(Cl)c1. The molecule has 0 unspecified atom stereocenters. The quantitative estimate of drug-likeness (QED) is 0.914. The van der Waals surface area contributed by atoms with Crippen LogP contribution in [0.5, 0.6) is 0 Å². The Labute approximate surface area is 123 Å². The van der Waals surface area contributed by atoms with E-state index in [2.05, 4.69) is 0 Å². The van der Waals surface area contributed by atoms with Crippen LogP contribution in [0, 0.1) is 5.82 Å². The summed E-state index contributed by atoms with van der Waals surface area (Å²) < 4.78 is 13.2. The Hall–Kier alpha value is -1.58. The Balaban J connectivity index is 2.19. The van der Waals surface area contributed by atoms with Gasteiger partial charge in [-0.15, -0.1) is 0 Å². The van der Waals surface area contributed by atoms with Crippen LogP contribution in [0.25, 0.3) is 0 Å². The minimum Gasteiger partial charge on any atom is -0.389 e. The number of benzene rings is 2. The third-order valence-electron chi connectivity index (χ3n) is 3.17. The number of rotatable bonds is 4. The molecule has 0 aromatic heterocycles. The number of aliphatic hydroxyl groups is 1. The Morgan fingerprint density at radius 1 is 1.25 bits per heavy atom. The van der Waals surface area contributed by atoms with Gasteiger partial charge in [0.1, 0.15) is 5.82 Å². The lowest BCUT2D eigenvalue weighted by molar-refractivity contribution is 0.199. The first kappa shape index (κ1) is 14.8. The van der Waals surface area contributed by atoms with E-state index in [0.717, 1.165) is 16.8 Å². The van der Waals surface area contributed by atoms with Crippen molar-refractivity contribution in [3.8, 4) is 0 Å². The maximum atomic E-state index is 13.2. The summed E-state index contributed by atoms with van der Waals surface area (Å²) in [6.07, 6.45) is -0.546. The van der Waals surface area contributed by atoms with Crippen LogP contribution in [-0.2, 0) is 6.54 Å². The van der Waals surface area contributed by atoms with Gasteiger partial charge in [-0.2, -0.15) is 0 Å². The molecule has 0 aliphatic carbocycles. The number of anilines is 1. The van der Waals surface area contributed by atoms with Crippen molar-refractivity contribution in [2.75, 3.05) is 11.9 Å². The largest absolute Gasteiger partial charge is 0.389 e. The molecule has 0 fully saturated rings. The molecule has 2 nitrogen and oxygen atoms in total. The van der Waals surface area contributed by atoms with Gasteiger partial charge in [0.2, 0.25) is 0 Å². The van der Waals surface area contributed by atoms with Gasteiger partial charge in [-0.05, 0) is 42.3 Å². The van der Waals surface area contributed by atoms with Crippen LogP contribution in [0.3, 0.4) is 0 Å². The van der Waals surface area contributed by atoms with Gasteiger partial charge in [-0.25, -0.2) is 4.39 Å². The van der Waals surface area contributed by atoms with E-state index in [9.17, 15) is 9.50 Å². The van der Waals surface area contributed by atoms with Gasteiger partial charge in [-0.1, -0.05) is 29.8 Å². The predicted octanol–water partition coefficient (Wildman–Crippen LogP) is 4.17. The van der Waals surface area contributed by atoms with E-state index in [-0.39, 0.29) is 5.82 Å². The Kier molecular flexibility index (Phi) is 4.63. The lowest BCUT2D eigenvalue weighted by Crippen LogP contribution is -2.17. The second kappa shape index (κ2) is 6.25. The van der Waals surface area contributed by atoms with Crippen LogP contribution < -0.4 is 4.90 Å². The van der Waals surface area contributed by atoms with Crippen molar-refractivity contribution in [1.29, 1.82) is 0 Å². The maximum absolute atomic E-state index is 13.2. The molecule has 20 heavy (non-hydrogen) atoms. The second-order valence-corrected chi connectivity index (χ2v) is 5.28. The zero-order valence-electron chi connectivity index (χ0n) is 11.5. The zero-order valence-corrected chi connectivity index (χ0v) is 12.2. The normalized spacial score (nSPS) is 12.2. The van der Waals surface area contributed by atoms with E-state index in [1.54, 1.807) is 19.1 Å². The van der Waals surface area contributed by atoms with Crippen molar-refractivity contribution in [2.45, 2.75) is 19.6 Å². The lowest BCUT2D eigenvalue weighted by atomic mass is 10.1. The van der Waals surface area contributed by atoms with Gasteiger partial charge in [0.15, 0.2) is 0 Å². The van der Waals surface area contributed by atoms with Crippen molar-refractivity contribution >= 4 is 17.3 Å². The molecule has 0 aliphatic heterocycles. The Bertz CT molecular complexity index is 601. The minimum absolute atomic E-state index is 0.244. The average molecular weight is 294 g/mol. The van der Waals surface area contributed by atoms with E-state index in [4.69, 9.17) is 11.6 Å². The number of hydrogen-bond acceptors (Lipinski definition) is 2. The van der Waals surface area contributed by atoms with E-state index < -0.39 is 6.10 Å². The Morgan fingerprint density at radius 2 is 2.00 bits per heavy atom. The fourth-order valence-electron chi connectivity index (χ4n) is 2.09. The monoisotopic (exact) mass is 293 g/mol. The molecule has 0 bridgehead atoms. The molecule has 0 aliphatic rings. The third-order valence-corrected chi connectivity index (χ3v) is 3.48. The highest BCUT2D eigenvalue weighted by Crippen LogP contribution is 2.29. The van der Waals surface area contributed by atoms with Crippen LogP contribution in [0.15, 0.2) is 42.5 Å². The number of hydrogen-bond donors (Lipinski definition) is 1. The number of nitrogens with zero attached hydrogens (tertiary/aromatic N) is 1. The highest BCUT2D eigenvalue weighted by atomic mass is 35.5. The maximum Gasteiger partial charge on any atom is 0.123 e. The predicted molar refractivity (Wildman–Crippen MR) is 80.6 cm³/mol. The molecular weight excluding hydrogens is 277 g/mol. The van der Waals surface area contributed by atoms with E-state index in [1.165, 1.54) is 12.1 Å². The first-order chi connectivity index (χ1) is 9.47. The van der Waals surface area contributed by atoms with Crippen LogP contribution in [-0.4, -0.2) is 12.2 Å². The first-order valence-electron chi connectivity index (χ1n) is 6.40. The van der Waals surface area contributed by atoms with Gasteiger partial charge in [0, 0.05) is 13.6 Å². The topological polar surface area (TPSA) is 23.5 Å².